The number of hydrogen-bond acceptors (Lipinski definition) is 2. The summed E-state index contributed by atoms with van der Waals surface area (Å²) in [4.78, 5) is 2.60. The van der Waals surface area contributed by atoms with E-state index in [4.69, 9.17) is 0 Å². The molecule has 22 heavy (non-hydrogen) atoms. The molecule has 2 aromatic carbocycles. The Morgan fingerprint density at radius 3 is 2.68 bits per heavy atom. The van der Waals surface area contributed by atoms with Gasteiger partial charge in [-0.2, -0.15) is 0 Å². The second-order valence-electron chi connectivity index (χ2n) is 6.42. The highest BCUT2D eigenvalue weighted by Gasteiger charge is 2.18. The van der Waals surface area contributed by atoms with Crippen LogP contribution in [0.3, 0.4) is 0 Å². The zero-order valence-corrected chi connectivity index (χ0v) is 13.5. The normalized spacial score (nSPS) is 19.8. The minimum absolute atomic E-state index is 0.551. The van der Waals surface area contributed by atoms with Crippen LogP contribution in [0.1, 0.15) is 23.1 Å². The molecule has 0 saturated carbocycles. The highest BCUT2D eigenvalue weighted by molar-refractivity contribution is 5.22. The highest BCUT2D eigenvalue weighted by atomic mass is 15.2. The van der Waals surface area contributed by atoms with Gasteiger partial charge in [-0.25, -0.2) is 0 Å². The first-order valence-corrected chi connectivity index (χ1v) is 8.35. The molecule has 1 unspecified atom stereocenters. The average Bonchev–Trinajstić information content (AvgIpc) is 2.73. The predicted octanol–water partition coefficient (Wildman–Crippen LogP) is 3.40. The summed E-state index contributed by atoms with van der Waals surface area (Å²) < 4.78 is 0. The van der Waals surface area contributed by atoms with Gasteiger partial charge in [0.25, 0.3) is 0 Å². The molecule has 0 aromatic heterocycles. The summed E-state index contributed by atoms with van der Waals surface area (Å²) >= 11 is 0. The first-order chi connectivity index (χ1) is 10.8. The second-order valence-corrected chi connectivity index (χ2v) is 6.42. The van der Waals surface area contributed by atoms with Crippen LogP contribution in [0, 0.1) is 6.92 Å². The molecule has 1 heterocycles. The molecule has 0 radical (unpaired) electrons. The van der Waals surface area contributed by atoms with Crippen molar-refractivity contribution < 1.29 is 0 Å². The molecule has 2 heteroatoms. The third kappa shape index (κ3) is 4.43. The third-order valence-electron chi connectivity index (χ3n) is 4.38. The second kappa shape index (κ2) is 7.57. The maximum atomic E-state index is 3.72. The topological polar surface area (TPSA) is 15.3 Å². The Bertz CT molecular complexity index is 579. The van der Waals surface area contributed by atoms with Gasteiger partial charge in [0.05, 0.1) is 0 Å². The maximum absolute atomic E-state index is 3.72. The summed E-state index contributed by atoms with van der Waals surface area (Å²) in [6, 6.07) is 20.3. The zero-order chi connectivity index (χ0) is 15.2. The summed E-state index contributed by atoms with van der Waals surface area (Å²) in [6.45, 7) is 6.68. The number of aryl methyl sites for hydroxylation is 1. The number of nitrogens with one attached hydrogen (secondary N) is 1. The molecular formula is C20H26N2. The van der Waals surface area contributed by atoms with E-state index >= 15 is 0 Å². The van der Waals surface area contributed by atoms with Gasteiger partial charge in [0.15, 0.2) is 0 Å². The zero-order valence-electron chi connectivity index (χ0n) is 13.5. The van der Waals surface area contributed by atoms with Crippen molar-refractivity contribution in [3.63, 3.8) is 0 Å². The smallest absolute Gasteiger partial charge is 0.0235 e. The van der Waals surface area contributed by atoms with E-state index in [0.29, 0.717) is 6.04 Å². The molecule has 1 aliphatic rings. The quantitative estimate of drug-likeness (QED) is 0.929. The molecule has 0 amide bonds. The van der Waals surface area contributed by atoms with Crippen molar-refractivity contribution in [1.82, 2.24) is 10.2 Å². The lowest BCUT2D eigenvalue weighted by Gasteiger charge is -2.24. The van der Waals surface area contributed by atoms with Crippen LogP contribution in [-0.4, -0.2) is 30.6 Å². The fraction of sp³-hybridized carbons (Fsp3) is 0.400. The Morgan fingerprint density at radius 2 is 1.86 bits per heavy atom. The monoisotopic (exact) mass is 294 g/mol. The molecule has 0 aliphatic carbocycles. The van der Waals surface area contributed by atoms with Crippen molar-refractivity contribution in [3.05, 3.63) is 71.3 Å². The van der Waals surface area contributed by atoms with Crippen LogP contribution in [0.5, 0.6) is 0 Å². The first kappa shape index (κ1) is 15.3. The molecule has 3 rings (SSSR count). The molecule has 1 saturated heterocycles. The minimum Gasteiger partial charge on any atom is -0.312 e. The summed E-state index contributed by atoms with van der Waals surface area (Å²) in [7, 11) is 0. The summed E-state index contributed by atoms with van der Waals surface area (Å²) in [5.41, 5.74) is 4.21. The van der Waals surface area contributed by atoms with Gasteiger partial charge in [-0.3, -0.25) is 4.90 Å². The van der Waals surface area contributed by atoms with Crippen molar-refractivity contribution in [3.8, 4) is 0 Å². The third-order valence-corrected chi connectivity index (χ3v) is 4.38. The minimum atomic E-state index is 0.551. The molecule has 1 fully saturated rings. The lowest BCUT2D eigenvalue weighted by Crippen LogP contribution is -2.39. The fourth-order valence-corrected chi connectivity index (χ4v) is 3.32. The largest absolute Gasteiger partial charge is 0.312 e. The van der Waals surface area contributed by atoms with Gasteiger partial charge in [0.1, 0.15) is 0 Å². The molecule has 1 atom stereocenters. The number of nitrogens with zero attached hydrogens (tertiary/aromatic N) is 1. The Hall–Kier alpha value is -1.64. The number of hydrogen-bond donors (Lipinski definition) is 1. The first-order valence-electron chi connectivity index (χ1n) is 8.35. The van der Waals surface area contributed by atoms with Gasteiger partial charge in [0.2, 0.25) is 0 Å². The number of rotatable bonds is 4. The summed E-state index contributed by atoms with van der Waals surface area (Å²) in [5, 5.41) is 3.72. The van der Waals surface area contributed by atoms with Crippen molar-refractivity contribution in [2.75, 3.05) is 19.6 Å². The van der Waals surface area contributed by atoms with Gasteiger partial charge in [-0.1, -0.05) is 60.2 Å². The molecule has 1 aliphatic heterocycles. The molecule has 2 nitrogen and oxygen atoms in total. The number of benzene rings is 2. The summed E-state index contributed by atoms with van der Waals surface area (Å²) in [6.07, 6.45) is 2.35. The van der Waals surface area contributed by atoms with Crippen LogP contribution in [-0.2, 0) is 13.0 Å². The maximum Gasteiger partial charge on any atom is 0.0235 e. The summed E-state index contributed by atoms with van der Waals surface area (Å²) in [5.74, 6) is 0. The van der Waals surface area contributed by atoms with Gasteiger partial charge in [-0.15, -0.1) is 0 Å². The van der Waals surface area contributed by atoms with Crippen LogP contribution < -0.4 is 5.32 Å². The van der Waals surface area contributed by atoms with E-state index in [1.54, 1.807) is 0 Å². The van der Waals surface area contributed by atoms with Gasteiger partial charge in [-0.05, 0) is 44.0 Å². The lowest BCUT2D eigenvalue weighted by molar-refractivity contribution is 0.259. The van der Waals surface area contributed by atoms with E-state index in [-0.39, 0.29) is 0 Å². The molecular weight excluding hydrogens is 268 g/mol. The lowest BCUT2D eigenvalue weighted by atomic mass is 10.1. The van der Waals surface area contributed by atoms with Gasteiger partial charge < -0.3 is 5.32 Å². The van der Waals surface area contributed by atoms with Crippen LogP contribution in [0.25, 0.3) is 0 Å². The molecule has 1 N–H and O–H groups in total. The molecule has 2 aromatic rings. The average molecular weight is 294 g/mol. The van der Waals surface area contributed by atoms with Gasteiger partial charge in [0, 0.05) is 19.1 Å². The van der Waals surface area contributed by atoms with Crippen molar-refractivity contribution in [2.24, 2.45) is 0 Å². The Kier molecular flexibility index (Phi) is 5.25. The molecule has 0 bridgehead atoms. The fourth-order valence-electron chi connectivity index (χ4n) is 3.32. The SMILES string of the molecule is Cc1cccc(CN2CCCNC(Cc3ccccc3)C2)c1. The Morgan fingerprint density at radius 1 is 1.05 bits per heavy atom. The molecule has 0 spiro atoms. The Balaban J connectivity index is 1.62. The van der Waals surface area contributed by atoms with E-state index in [1.165, 1.54) is 29.7 Å². The van der Waals surface area contributed by atoms with Gasteiger partial charge >= 0.3 is 0 Å². The van der Waals surface area contributed by atoms with Crippen LogP contribution in [0.2, 0.25) is 0 Å². The Labute approximate surface area is 134 Å². The van der Waals surface area contributed by atoms with Crippen LogP contribution in [0.15, 0.2) is 54.6 Å². The van der Waals surface area contributed by atoms with Crippen molar-refractivity contribution in [1.29, 1.82) is 0 Å². The van der Waals surface area contributed by atoms with E-state index in [1.807, 2.05) is 0 Å². The van der Waals surface area contributed by atoms with E-state index < -0.39 is 0 Å². The molecule has 116 valence electrons. The van der Waals surface area contributed by atoms with Crippen LogP contribution in [0.4, 0.5) is 0 Å². The highest BCUT2D eigenvalue weighted by Crippen LogP contribution is 2.12. The van der Waals surface area contributed by atoms with Crippen LogP contribution >= 0.6 is 0 Å². The van der Waals surface area contributed by atoms with E-state index in [2.05, 4.69) is 71.7 Å². The van der Waals surface area contributed by atoms with E-state index in [0.717, 1.165) is 26.1 Å². The predicted molar refractivity (Wildman–Crippen MR) is 93.0 cm³/mol. The standard InChI is InChI=1S/C20H26N2/c1-17-7-5-10-19(13-17)15-22-12-6-11-21-20(16-22)14-18-8-3-2-4-9-18/h2-5,7-10,13,20-21H,6,11-12,14-16H2,1H3. The van der Waals surface area contributed by atoms with Crippen molar-refractivity contribution >= 4 is 0 Å². The van der Waals surface area contributed by atoms with Crippen molar-refractivity contribution in [2.45, 2.75) is 32.4 Å². The van der Waals surface area contributed by atoms with E-state index in [9.17, 15) is 0 Å².